The van der Waals surface area contributed by atoms with Gasteiger partial charge in [0, 0.05) is 11.3 Å². The predicted octanol–water partition coefficient (Wildman–Crippen LogP) is 1.46. The lowest BCUT2D eigenvalue weighted by atomic mass is 10.2. The molecule has 5 nitrogen and oxygen atoms in total. The van der Waals surface area contributed by atoms with Gasteiger partial charge in [-0.3, -0.25) is 4.79 Å². The van der Waals surface area contributed by atoms with Crippen LogP contribution in [0.3, 0.4) is 0 Å². The maximum absolute atomic E-state index is 11.9. The molecule has 2 atom stereocenters. The SMILES string of the molecule is CCSC1CCC(NC(=O)c2cnc(N)cn2)C1. The van der Waals surface area contributed by atoms with Crippen LogP contribution in [-0.2, 0) is 0 Å². The van der Waals surface area contributed by atoms with Crippen LogP contribution in [0.25, 0.3) is 0 Å². The average molecular weight is 266 g/mol. The third-order valence-corrected chi connectivity index (χ3v) is 4.26. The first kappa shape index (κ1) is 13.1. The molecule has 2 unspecified atom stereocenters. The van der Waals surface area contributed by atoms with E-state index in [1.807, 2.05) is 11.8 Å². The first-order valence-corrected chi connectivity index (χ1v) is 7.24. The van der Waals surface area contributed by atoms with Crippen molar-refractivity contribution in [2.45, 2.75) is 37.5 Å². The van der Waals surface area contributed by atoms with Crippen molar-refractivity contribution < 1.29 is 4.79 Å². The molecular weight excluding hydrogens is 248 g/mol. The zero-order valence-corrected chi connectivity index (χ0v) is 11.2. The van der Waals surface area contributed by atoms with Crippen molar-refractivity contribution >= 4 is 23.5 Å². The van der Waals surface area contributed by atoms with E-state index in [0.717, 1.165) is 18.6 Å². The van der Waals surface area contributed by atoms with Gasteiger partial charge in [-0.05, 0) is 25.0 Å². The molecule has 6 heteroatoms. The average Bonchev–Trinajstić information content (AvgIpc) is 2.78. The lowest BCUT2D eigenvalue weighted by molar-refractivity contribution is 0.0932. The predicted molar refractivity (Wildman–Crippen MR) is 73.5 cm³/mol. The lowest BCUT2D eigenvalue weighted by Crippen LogP contribution is -2.33. The number of anilines is 1. The van der Waals surface area contributed by atoms with Crippen molar-refractivity contribution in [1.82, 2.24) is 15.3 Å². The molecule has 0 bridgehead atoms. The normalized spacial score (nSPS) is 22.9. The minimum Gasteiger partial charge on any atom is -0.382 e. The van der Waals surface area contributed by atoms with Gasteiger partial charge in [-0.25, -0.2) is 9.97 Å². The zero-order chi connectivity index (χ0) is 13.0. The molecule has 2 rings (SSSR count). The second kappa shape index (κ2) is 6.04. The van der Waals surface area contributed by atoms with Crippen molar-refractivity contribution in [3.05, 3.63) is 18.1 Å². The molecule has 0 aliphatic heterocycles. The Kier molecular flexibility index (Phi) is 4.41. The molecule has 98 valence electrons. The Morgan fingerprint density at radius 3 is 3.00 bits per heavy atom. The molecule has 0 aromatic carbocycles. The Morgan fingerprint density at radius 1 is 1.50 bits per heavy atom. The maximum atomic E-state index is 11.9. The van der Waals surface area contributed by atoms with E-state index in [1.54, 1.807) is 0 Å². The number of rotatable bonds is 4. The van der Waals surface area contributed by atoms with Crippen LogP contribution in [0.1, 0.15) is 36.7 Å². The summed E-state index contributed by atoms with van der Waals surface area (Å²) in [6, 6.07) is 0.265. The summed E-state index contributed by atoms with van der Waals surface area (Å²) >= 11 is 1.97. The van der Waals surface area contributed by atoms with Gasteiger partial charge in [0.2, 0.25) is 0 Å². The molecule has 0 saturated heterocycles. The highest BCUT2D eigenvalue weighted by Crippen LogP contribution is 2.29. The van der Waals surface area contributed by atoms with Crippen LogP contribution in [0, 0.1) is 0 Å². The van der Waals surface area contributed by atoms with E-state index in [-0.39, 0.29) is 11.9 Å². The monoisotopic (exact) mass is 266 g/mol. The minimum atomic E-state index is -0.158. The van der Waals surface area contributed by atoms with Gasteiger partial charge >= 0.3 is 0 Å². The molecule has 0 radical (unpaired) electrons. The summed E-state index contributed by atoms with van der Waals surface area (Å²) in [6.45, 7) is 2.17. The third-order valence-electron chi connectivity index (χ3n) is 3.03. The van der Waals surface area contributed by atoms with Crippen molar-refractivity contribution in [1.29, 1.82) is 0 Å². The van der Waals surface area contributed by atoms with Gasteiger partial charge in [0.05, 0.1) is 12.4 Å². The van der Waals surface area contributed by atoms with Gasteiger partial charge in [-0.15, -0.1) is 0 Å². The quantitative estimate of drug-likeness (QED) is 0.862. The summed E-state index contributed by atoms with van der Waals surface area (Å²) in [5, 5.41) is 3.69. The van der Waals surface area contributed by atoms with Crippen LogP contribution in [0.4, 0.5) is 5.82 Å². The van der Waals surface area contributed by atoms with Gasteiger partial charge in [0.25, 0.3) is 5.91 Å². The fraction of sp³-hybridized carbons (Fsp3) is 0.583. The van der Waals surface area contributed by atoms with Crippen molar-refractivity contribution in [3.63, 3.8) is 0 Å². The van der Waals surface area contributed by atoms with Crippen molar-refractivity contribution in [2.24, 2.45) is 0 Å². The van der Waals surface area contributed by atoms with E-state index < -0.39 is 0 Å². The number of nitrogens with zero attached hydrogens (tertiary/aromatic N) is 2. The summed E-state index contributed by atoms with van der Waals surface area (Å²) in [6.07, 6.45) is 6.09. The third kappa shape index (κ3) is 3.35. The number of nitrogens with two attached hydrogens (primary N) is 1. The molecule has 1 saturated carbocycles. The van der Waals surface area contributed by atoms with Crippen LogP contribution in [0.2, 0.25) is 0 Å². The molecule has 1 aliphatic carbocycles. The van der Waals surface area contributed by atoms with E-state index in [9.17, 15) is 4.79 Å². The number of carbonyl (C=O) groups is 1. The lowest BCUT2D eigenvalue weighted by Gasteiger charge is -2.12. The van der Waals surface area contributed by atoms with E-state index in [0.29, 0.717) is 16.8 Å². The van der Waals surface area contributed by atoms with Crippen LogP contribution in [0.5, 0.6) is 0 Å². The Balaban J connectivity index is 1.87. The smallest absolute Gasteiger partial charge is 0.271 e. The first-order chi connectivity index (χ1) is 8.69. The van der Waals surface area contributed by atoms with Crippen LogP contribution in [0.15, 0.2) is 12.4 Å². The van der Waals surface area contributed by atoms with E-state index in [1.165, 1.54) is 18.8 Å². The number of thioether (sulfide) groups is 1. The highest BCUT2D eigenvalue weighted by atomic mass is 32.2. The van der Waals surface area contributed by atoms with E-state index in [2.05, 4.69) is 22.2 Å². The molecule has 0 spiro atoms. The molecular formula is C12H18N4OS. The van der Waals surface area contributed by atoms with Crippen molar-refractivity contribution in [3.8, 4) is 0 Å². The minimum absolute atomic E-state index is 0.158. The molecule has 1 amide bonds. The van der Waals surface area contributed by atoms with Crippen LogP contribution >= 0.6 is 11.8 Å². The molecule has 1 aliphatic rings. The number of nitrogen functional groups attached to an aromatic ring is 1. The number of hydrogen-bond donors (Lipinski definition) is 2. The fourth-order valence-electron chi connectivity index (χ4n) is 2.17. The Hall–Kier alpha value is -1.30. The maximum Gasteiger partial charge on any atom is 0.271 e. The van der Waals surface area contributed by atoms with Gasteiger partial charge in [0.15, 0.2) is 0 Å². The van der Waals surface area contributed by atoms with E-state index >= 15 is 0 Å². The Labute approximate surface area is 111 Å². The van der Waals surface area contributed by atoms with Gasteiger partial charge in [-0.2, -0.15) is 11.8 Å². The van der Waals surface area contributed by atoms with Gasteiger partial charge in [0.1, 0.15) is 11.5 Å². The second-order valence-corrected chi connectivity index (χ2v) is 5.96. The topological polar surface area (TPSA) is 80.9 Å². The zero-order valence-electron chi connectivity index (χ0n) is 10.4. The number of hydrogen-bond acceptors (Lipinski definition) is 5. The summed E-state index contributed by atoms with van der Waals surface area (Å²) in [5.41, 5.74) is 5.76. The summed E-state index contributed by atoms with van der Waals surface area (Å²) in [4.78, 5) is 19.8. The molecule has 18 heavy (non-hydrogen) atoms. The number of carbonyl (C=O) groups excluding carboxylic acids is 1. The largest absolute Gasteiger partial charge is 0.382 e. The first-order valence-electron chi connectivity index (χ1n) is 6.19. The van der Waals surface area contributed by atoms with E-state index in [4.69, 9.17) is 5.73 Å². The second-order valence-electron chi connectivity index (χ2n) is 4.39. The fourth-order valence-corrected chi connectivity index (χ4v) is 3.32. The summed E-state index contributed by atoms with van der Waals surface area (Å²) < 4.78 is 0. The molecule has 3 N–H and O–H groups in total. The van der Waals surface area contributed by atoms with Crippen LogP contribution < -0.4 is 11.1 Å². The summed E-state index contributed by atoms with van der Waals surface area (Å²) in [7, 11) is 0. The molecule has 1 heterocycles. The number of nitrogens with one attached hydrogen (secondary N) is 1. The highest BCUT2D eigenvalue weighted by Gasteiger charge is 2.26. The Bertz CT molecular complexity index is 409. The molecule has 1 fully saturated rings. The molecule has 1 aromatic rings. The number of amides is 1. The molecule has 1 aromatic heterocycles. The van der Waals surface area contributed by atoms with Gasteiger partial charge < -0.3 is 11.1 Å². The highest BCUT2D eigenvalue weighted by molar-refractivity contribution is 7.99. The Morgan fingerprint density at radius 2 is 2.33 bits per heavy atom. The standard InChI is InChI=1S/C12H18N4OS/c1-2-18-9-4-3-8(5-9)16-12(17)10-6-15-11(13)7-14-10/h6-9H,2-5H2,1H3,(H2,13,15)(H,16,17). The van der Waals surface area contributed by atoms with Crippen molar-refractivity contribution in [2.75, 3.05) is 11.5 Å². The van der Waals surface area contributed by atoms with Crippen LogP contribution in [-0.4, -0.2) is 32.9 Å². The summed E-state index contributed by atoms with van der Waals surface area (Å²) in [5.74, 6) is 1.30. The number of aromatic nitrogens is 2. The van der Waals surface area contributed by atoms with Gasteiger partial charge in [-0.1, -0.05) is 6.92 Å².